The number of hydrogen-bond acceptors (Lipinski definition) is 5. The molecule has 0 bridgehead atoms. The molecule has 2 N–H and O–H groups in total. The molecule has 27 heavy (non-hydrogen) atoms. The van der Waals surface area contributed by atoms with Gasteiger partial charge in [0, 0.05) is 35.0 Å². The minimum Gasteiger partial charge on any atom is -0.497 e. The number of rotatable bonds is 5. The van der Waals surface area contributed by atoms with E-state index in [0.717, 1.165) is 5.57 Å². The van der Waals surface area contributed by atoms with Gasteiger partial charge in [0.2, 0.25) is 0 Å². The van der Waals surface area contributed by atoms with E-state index in [1.807, 2.05) is 13.8 Å². The third-order valence-corrected chi connectivity index (χ3v) is 5.53. The van der Waals surface area contributed by atoms with Gasteiger partial charge in [-0.1, -0.05) is 5.57 Å². The van der Waals surface area contributed by atoms with Crippen LogP contribution in [-0.4, -0.2) is 28.5 Å². The molecule has 0 aromatic heterocycles. The van der Waals surface area contributed by atoms with E-state index in [4.69, 9.17) is 9.47 Å². The number of fused-ring (bicyclic) bond motifs is 1. The Hall–Kier alpha value is -3.00. The second-order valence-corrected chi connectivity index (χ2v) is 7.93. The zero-order valence-electron chi connectivity index (χ0n) is 15.4. The lowest BCUT2D eigenvalue weighted by molar-refractivity contribution is -0.110. The van der Waals surface area contributed by atoms with Gasteiger partial charge in [0.25, 0.3) is 15.9 Å². The third kappa shape index (κ3) is 3.61. The third-order valence-electron chi connectivity index (χ3n) is 4.15. The fraction of sp³-hybridized carbons (Fsp3) is 0.211. The summed E-state index contributed by atoms with van der Waals surface area (Å²) in [5, 5.41) is 2.74. The van der Waals surface area contributed by atoms with Crippen LogP contribution in [0.3, 0.4) is 0 Å². The number of methoxy groups -OCH3 is 2. The Morgan fingerprint density at radius 2 is 1.63 bits per heavy atom. The van der Waals surface area contributed by atoms with Gasteiger partial charge in [-0.15, -0.1) is 0 Å². The molecule has 7 nitrogen and oxygen atoms in total. The average molecular weight is 388 g/mol. The molecule has 1 aliphatic rings. The molecule has 8 heteroatoms. The summed E-state index contributed by atoms with van der Waals surface area (Å²) >= 11 is 0. The van der Waals surface area contributed by atoms with Crippen LogP contribution in [0.2, 0.25) is 0 Å². The molecule has 142 valence electrons. The molecule has 0 saturated heterocycles. The predicted octanol–water partition coefficient (Wildman–Crippen LogP) is 3.25. The molecular weight excluding hydrogens is 368 g/mol. The molecular formula is C19H20N2O5S. The first kappa shape index (κ1) is 18.8. The van der Waals surface area contributed by atoms with Crippen LogP contribution in [0.4, 0.5) is 11.4 Å². The molecule has 1 aliphatic heterocycles. The highest BCUT2D eigenvalue weighted by molar-refractivity contribution is 7.92. The molecule has 0 fully saturated rings. The molecule has 1 heterocycles. The van der Waals surface area contributed by atoms with Gasteiger partial charge in [-0.25, -0.2) is 8.42 Å². The van der Waals surface area contributed by atoms with Gasteiger partial charge in [-0.05, 0) is 32.0 Å². The van der Waals surface area contributed by atoms with E-state index in [1.54, 1.807) is 24.3 Å². The number of ether oxygens (including phenoxy) is 2. The summed E-state index contributed by atoms with van der Waals surface area (Å²) in [5.74, 6) is 0.690. The SMILES string of the molecule is COc1cc(NS(=O)(=O)c2ccc3c(c2)C(=C(C)C)C(=O)N3)cc(OC)c1. The fourth-order valence-electron chi connectivity index (χ4n) is 2.89. The van der Waals surface area contributed by atoms with Crippen molar-refractivity contribution in [3.05, 3.63) is 47.5 Å². The van der Waals surface area contributed by atoms with Crippen molar-refractivity contribution >= 4 is 32.9 Å². The van der Waals surface area contributed by atoms with E-state index >= 15 is 0 Å². The minimum atomic E-state index is -3.87. The smallest absolute Gasteiger partial charge is 0.261 e. The Kier molecular flexibility index (Phi) is 4.84. The standard InChI is InChI=1S/C19H20N2O5S/c1-11(2)18-16-10-15(5-6-17(16)20-19(18)22)27(23,24)21-12-7-13(25-3)9-14(8-12)26-4/h5-10,21H,1-4H3,(H,20,22). The normalized spacial score (nSPS) is 13.0. The number of amides is 1. The summed E-state index contributed by atoms with van der Waals surface area (Å²) in [7, 11) is -0.905. The largest absolute Gasteiger partial charge is 0.497 e. The average Bonchev–Trinajstić information content (AvgIpc) is 2.95. The zero-order valence-corrected chi connectivity index (χ0v) is 16.2. The minimum absolute atomic E-state index is 0.0540. The van der Waals surface area contributed by atoms with E-state index in [1.165, 1.54) is 26.4 Å². The lowest BCUT2D eigenvalue weighted by Crippen LogP contribution is -2.13. The van der Waals surface area contributed by atoms with Crippen molar-refractivity contribution in [2.24, 2.45) is 0 Å². The number of benzene rings is 2. The maximum Gasteiger partial charge on any atom is 0.261 e. The zero-order chi connectivity index (χ0) is 19.8. The number of carbonyl (C=O) groups is 1. The van der Waals surface area contributed by atoms with E-state index in [-0.39, 0.29) is 10.8 Å². The molecule has 0 unspecified atom stereocenters. The summed E-state index contributed by atoms with van der Waals surface area (Å²) in [5.41, 5.74) is 2.78. The van der Waals surface area contributed by atoms with Gasteiger partial charge in [0.05, 0.1) is 24.8 Å². The quantitative estimate of drug-likeness (QED) is 0.767. The first-order chi connectivity index (χ1) is 12.7. The van der Waals surface area contributed by atoms with Crippen molar-refractivity contribution < 1.29 is 22.7 Å². The van der Waals surface area contributed by atoms with Crippen LogP contribution in [-0.2, 0) is 14.8 Å². The fourth-order valence-corrected chi connectivity index (χ4v) is 3.96. The Morgan fingerprint density at radius 1 is 1.00 bits per heavy atom. The topological polar surface area (TPSA) is 93.7 Å². The summed E-state index contributed by atoms with van der Waals surface area (Å²) in [6.45, 7) is 3.62. The molecule has 0 radical (unpaired) electrons. The number of carbonyl (C=O) groups excluding carboxylic acids is 1. The first-order valence-electron chi connectivity index (χ1n) is 8.14. The van der Waals surface area contributed by atoms with E-state index in [2.05, 4.69) is 10.0 Å². The second kappa shape index (κ2) is 6.96. The highest BCUT2D eigenvalue weighted by atomic mass is 32.2. The monoisotopic (exact) mass is 388 g/mol. The van der Waals surface area contributed by atoms with Crippen LogP contribution in [0.5, 0.6) is 11.5 Å². The molecule has 0 spiro atoms. The number of nitrogens with one attached hydrogen (secondary N) is 2. The van der Waals surface area contributed by atoms with E-state index in [0.29, 0.717) is 34.0 Å². The Balaban J connectivity index is 2.00. The molecule has 0 saturated carbocycles. The van der Waals surface area contributed by atoms with Gasteiger partial charge < -0.3 is 14.8 Å². The van der Waals surface area contributed by atoms with Gasteiger partial charge in [0.15, 0.2) is 0 Å². The van der Waals surface area contributed by atoms with Crippen molar-refractivity contribution in [3.63, 3.8) is 0 Å². The van der Waals surface area contributed by atoms with Gasteiger partial charge in [-0.2, -0.15) is 0 Å². The van der Waals surface area contributed by atoms with Gasteiger partial charge in [0.1, 0.15) is 11.5 Å². The Labute approximate surface area is 158 Å². The molecule has 0 aliphatic carbocycles. The van der Waals surface area contributed by atoms with Crippen LogP contribution < -0.4 is 19.5 Å². The van der Waals surface area contributed by atoms with Crippen LogP contribution >= 0.6 is 0 Å². The molecule has 3 rings (SSSR count). The van der Waals surface area contributed by atoms with Crippen molar-refractivity contribution in [3.8, 4) is 11.5 Å². The van der Waals surface area contributed by atoms with Crippen LogP contribution in [0.25, 0.3) is 5.57 Å². The molecule has 2 aromatic rings. The number of hydrogen-bond donors (Lipinski definition) is 2. The van der Waals surface area contributed by atoms with Crippen molar-refractivity contribution in [2.75, 3.05) is 24.3 Å². The number of anilines is 2. The maximum absolute atomic E-state index is 12.8. The van der Waals surface area contributed by atoms with Crippen molar-refractivity contribution in [1.29, 1.82) is 0 Å². The van der Waals surface area contributed by atoms with Crippen molar-refractivity contribution in [2.45, 2.75) is 18.7 Å². The molecule has 2 aromatic carbocycles. The van der Waals surface area contributed by atoms with Gasteiger partial charge in [-0.3, -0.25) is 9.52 Å². The Morgan fingerprint density at radius 3 is 2.19 bits per heavy atom. The Bertz CT molecular complexity index is 1030. The highest BCUT2D eigenvalue weighted by Gasteiger charge is 2.27. The maximum atomic E-state index is 12.8. The first-order valence-corrected chi connectivity index (χ1v) is 9.62. The highest BCUT2D eigenvalue weighted by Crippen LogP contribution is 2.36. The van der Waals surface area contributed by atoms with Crippen LogP contribution in [0, 0.1) is 0 Å². The second-order valence-electron chi connectivity index (χ2n) is 6.24. The van der Waals surface area contributed by atoms with Crippen LogP contribution in [0.1, 0.15) is 19.4 Å². The lowest BCUT2D eigenvalue weighted by atomic mass is 10.0. The van der Waals surface area contributed by atoms with Gasteiger partial charge >= 0.3 is 0 Å². The summed E-state index contributed by atoms with van der Waals surface area (Å²) < 4.78 is 38.5. The molecule has 1 amide bonds. The van der Waals surface area contributed by atoms with Crippen molar-refractivity contribution in [1.82, 2.24) is 0 Å². The summed E-state index contributed by atoms with van der Waals surface area (Å²) in [4.78, 5) is 12.2. The lowest BCUT2D eigenvalue weighted by Gasteiger charge is -2.12. The molecule has 0 atom stereocenters. The predicted molar refractivity (Wildman–Crippen MR) is 104 cm³/mol. The number of allylic oxidation sites excluding steroid dienone is 1. The summed E-state index contributed by atoms with van der Waals surface area (Å²) in [6.07, 6.45) is 0. The van der Waals surface area contributed by atoms with E-state index < -0.39 is 10.0 Å². The summed E-state index contributed by atoms with van der Waals surface area (Å²) in [6, 6.07) is 9.29. The number of sulfonamides is 1. The van der Waals surface area contributed by atoms with Crippen LogP contribution in [0.15, 0.2) is 46.9 Å². The van der Waals surface area contributed by atoms with E-state index in [9.17, 15) is 13.2 Å².